The van der Waals surface area contributed by atoms with E-state index in [-0.39, 0.29) is 5.92 Å². The van der Waals surface area contributed by atoms with Crippen LogP contribution in [0, 0.1) is 5.92 Å². The molecule has 27 heavy (non-hydrogen) atoms. The third-order valence-corrected chi connectivity index (χ3v) is 3.50. The summed E-state index contributed by atoms with van der Waals surface area (Å²) in [5, 5.41) is 24.5. The van der Waals surface area contributed by atoms with Gasteiger partial charge in [-0.15, -0.1) is 0 Å². The fourth-order valence-corrected chi connectivity index (χ4v) is 1.95. The summed E-state index contributed by atoms with van der Waals surface area (Å²) < 4.78 is 0. The first kappa shape index (κ1) is 24.3. The normalized spacial score (nSPS) is 15.2. The topological polar surface area (TPSA) is 214 Å². The smallest absolute Gasteiger partial charge is 0.328 e. The van der Waals surface area contributed by atoms with Crippen molar-refractivity contribution in [2.45, 2.75) is 51.4 Å². The van der Waals surface area contributed by atoms with Crippen molar-refractivity contribution in [3.8, 4) is 0 Å². The van der Waals surface area contributed by atoms with Crippen molar-refractivity contribution in [3.63, 3.8) is 0 Å². The standard InChI is InChI=1S/C15H27N5O7/c1-6(2)11(20-12(23)7(3)16)14(25)18-8(4-10(17)22)13(24)19-9(5-21)15(26)27/h6-9,11,21H,4-5,16H2,1-3H3,(H2,17,22)(H,18,25)(H,19,24)(H,20,23)(H,26,27). The van der Waals surface area contributed by atoms with Crippen LogP contribution >= 0.6 is 0 Å². The number of carbonyl (C=O) groups excluding carboxylic acids is 4. The van der Waals surface area contributed by atoms with E-state index in [1.54, 1.807) is 13.8 Å². The molecule has 9 N–H and O–H groups in total. The molecule has 0 saturated heterocycles. The van der Waals surface area contributed by atoms with Crippen molar-refractivity contribution in [2.24, 2.45) is 17.4 Å². The van der Waals surface area contributed by atoms with Gasteiger partial charge in [-0.05, 0) is 12.8 Å². The lowest BCUT2D eigenvalue weighted by atomic mass is 10.0. The van der Waals surface area contributed by atoms with E-state index in [0.717, 1.165) is 0 Å². The second kappa shape index (κ2) is 11.1. The number of primary amides is 1. The van der Waals surface area contributed by atoms with Crippen LogP contribution in [0.5, 0.6) is 0 Å². The number of nitrogens with two attached hydrogens (primary N) is 2. The fraction of sp³-hybridized carbons (Fsp3) is 0.667. The zero-order chi connectivity index (χ0) is 21.3. The summed E-state index contributed by atoms with van der Waals surface area (Å²) in [5.74, 6) is -5.20. The second-order valence-corrected chi connectivity index (χ2v) is 6.33. The monoisotopic (exact) mass is 389 g/mol. The molecule has 12 heteroatoms. The number of carbonyl (C=O) groups is 5. The number of amides is 4. The molecule has 0 spiro atoms. The molecular weight excluding hydrogens is 362 g/mol. The van der Waals surface area contributed by atoms with E-state index in [1.807, 2.05) is 5.32 Å². The van der Waals surface area contributed by atoms with Crippen LogP contribution < -0.4 is 27.4 Å². The van der Waals surface area contributed by atoms with Gasteiger partial charge in [0.25, 0.3) is 0 Å². The molecule has 4 unspecified atom stereocenters. The van der Waals surface area contributed by atoms with Crippen molar-refractivity contribution in [1.82, 2.24) is 16.0 Å². The predicted molar refractivity (Wildman–Crippen MR) is 92.8 cm³/mol. The Morgan fingerprint density at radius 1 is 0.889 bits per heavy atom. The van der Waals surface area contributed by atoms with Gasteiger partial charge in [0.05, 0.1) is 19.1 Å². The Bertz CT molecular complexity index is 579. The van der Waals surface area contributed by atoms with Crippen LogP contribution in [0.3, 0.4) is 0 Å². The van der Waals surface area contributed by atoms with E-state index in [0.29, 0.717) is 0 Å². The summed E-state index contributed by atoms with van der Waals surface area (Å²) in [6.07, 6.45) is -0.610. The lowest BCUT2D eigenvalue weighted by molar-refractivity contribution is -0.143. The summed E-state index contributed by atoms with van der Waals surface area (Å²) in [4.78, 5) is 58.5. The average Bonchev–Trinajstić information content (AvgIpc) is 2.54. The summed E-state index contributed by atoms with van der Waals surface area (Å²) in [6.45, 7) is 3.81. The Morgan fingerprint density at radius 2 is 1.41 bits per heavy atom. The number of aliphatic hydroxyl groups excluding tert-OH is 1. The molecule has 0 heterocycles. The molecule has 154 valence electrons. The van der Waals surface area contributed by atoms with E-state index < -0.39 is 66.8 Å². The van der Waals surface area contributed by atoms with E-state index in [4.69, 9.17) is 21.7 Å². The van der Waals surface area contributed by atoms with Gasteiger partial charge in [-0.2, -0.15) is 0 Å². The molecule has 0 aromatic rings. The molecule has 0 rings (SSSR count). The average molecular weight is 389 g/mol. The first-order chi connectivity index (χ1) is 12.4. The molecule has 0 saturated carbocycles. The number of nitrogens with one attached hydrogen (secondary N) is 3. The largest absolute Gasteiger partial charge is 0.480 e. The highest BCUT2D eigenvalue weighted by molar-refractivity contribution is 5.96. The molecular formula is C15H27N5O7. The van der Waals surface area contributed by atoms with E-state index in [2.05, 4.69) is 10.6 Å². The minimum Gasteiger partial charge on any atom is -0.480 e. The van der Waals surface area contributed by atoms with Gasteiger partial charge in [-0.3, -0.25) is 19.2 Å². The maximum absolute atomic E-state index is 12.5. The number of carboxylic acids is 1. The van der Waals surface area contributed by atoms with Crippen LogP contribution in [0.15, 0.2) is 0 Å². The molecule has 0 aliphatic carbocycles. The highest BCUT2D eigenvalue weighted by atomic mass is 16.4. The van der Waals surface area contributed by atoms with Crippen molar-refractivity contribution < 1.29 is 34.2 Å². The minimum atomic E-state index is -1.62. The maximum Gasteiger partial charge on any atom is 0.328 e. The van der Waals surface area contributed by atoms with Crippen molar-refractivity contribution in [2.75, 3.05) is 6.61 Å². The lowest BCUT2D eigenvalue weighted by Crippen LogP contribution is -2.59. The maximum atomic E-state index is 12.5. The van der Waals surface area contributed by atoms with Gasteiger partial charge in [0.1, 0.15) is 18.1 Å². The van der Waals surface area contributed by atoms with Crippen molar-refractivity contribution >= 4 is 29.6 Å². The highest BCUT2D eigenvalue weighted by Gasteiger charge is 2.31. The second-order valence-electron chi connectivity index (χ2n) is 6.33. The summed E-state index contributed by atoms with van der Waals surface area (Å²) >= 11 is 0. The van der Waals surface area contributed by atoms with Crippen molar-refractivity contribution in [3.05, 3.63) is 0 Å². The quantitative estimate of drug-likeness (QED) is 0.187. The van der Waals surface area contributed by atoms with Crippen LogP contribution in [0.1, 0.15) is 27.2 Å². The zero-order valence-corrected chi connectivity index (χ0v) is 15.4. The molecule has 0 fully saturated rings. The van der Waals surface area contributed by atoms with Crippen LogP contribution in [-0.2, 0) is 24.0 Å². The molecule has 0 aliphatic rings. The Balaban J connectivity index is 5.31. The summed E-state index contributed by atoms with van der Waals surface area (Å²) in [7, 11) is 0. The third kappa shape index (κ3) is 8.46. The SMILES string of the molecule is CC(N)C(=O)NC(C(=O)NC(CC(N)=O)C(=O)NC(CO)C(=O)O)C(C)C. The number of hydrogen-bond acceptors (Lipinski definition) is 7. The zero-order valence-electron chi connectivity index (χ0n) is 15.4. The van der Waals surface area contributed by atoms with Gasteiger partial charge < -0.3 is 37.6 Å². The van der Waals surface area contributed by atoms with Gasteiger partial charge in [-0.1, -0.05) is 13.8 Å². The molecule has 0 radical (unpaired) electrons. The molecule has 0 aliphatic heterocycles. The minimum absolute atomic E-state index is 0.380. The number of rotatable bonds is 11. The molecule has 4 amide bonds. The molecule has 0 bridgehead atoms. The predicted octanol–water partition coefficient (Wildman–Crippen LogP) is -3.60. The number of aliphatic hydroxyl groups is 1. The number of aliphatic carboxylic acids is 1. The third-order valence-electron chi connectivity index (χ3n) is 3.50. The van der Waals surface area contributed by atoms with Crippen LogP contribution in [0.4, 0.5) is 0 Å². The Labute approximate surface area is 156 Å². The lowest BCUT2D eigenvalue weighted by Gasteiger charge is -2.26. The van der Waals surface area contributed by atoms with Crippen LogP contribution in [0.25, 0.3) is 0 Å². The Hall–Kier alpha value is -2.73. The summed E-state index contributed by atoms with van der Waals surface area (Å²) in [5.41, 5.74) is 10.5. The fourth-order valence-electron chi connectivity index (χ4n) is 1.95. The first-order valence-corrected chi connectivity index (χ1v) is 8.19. The van der Waals surface area contributed by atoms with E-state index in [9.17, 15) is 24.0 Å². The number of carboxylic acid groups (broad SMARTS) is 1. The van der Waals surface area contributed by atoms with E-state index in [1.165, 1.54) is 6.92 Å². The highest BCUT2D eigenvalue weighted by Crippen LogP contribution is 2.04. The van der Waals surface area contributed by atoms with E-state index >= 15 is 0 Å². The van der Waals surface area contributed by atoms with Gasteiger partial charge >= 0.3 is 5.97 Å². The molecule has 0 aromatic carbocycles. The van der Waals surface area contributed by atoms with Crippen LogP contribution in [-0.4, -0.2) is 70.6 Å². The molecule has 12 nitrogen and oxygen atoms in total. The number of hydrogen-bond donors (Lipinski definition) is 7. The first-order valence-electron chi connectivity index (χ1n) is 8.19. The molecule has 0 aromatic heterocycles. The van der Waals surface area contributed by atoms with Gasteiger partial charge in [0, 0.05) is 0 Å². The van der Waals surface area contributed by atoms with Gasteiger partial charge in [0.15, 0.2) is 0 Å². The Morgan fingerprint density at radius 3 is 1.78 bits per heavy atom. The van der Waals surface area contributed by atoms with Crippen molar-refractivity contribution in [1.29, 1.82) is 0 Å². The van der Waals surface area contributed by atoms with Crippen LogP contribution in [0.2, 0.25) is 0 Å². The Kier molecular flexibility index (Phi) is 9.96. The molecule has 4 atom stereocenters. The van der Waals surface area contributed by atoms with Gasteiger partial charge in [0.2, 0.25) is 23.6 Å². The van der Waals surface area contributed by atoms with Gasteiger partial charge in [-0.25, -0.2) is 4.79 Å². The summed E-state index contributed by atoms with van der Waals surface area (Å²) in [6, 6.07) is -5.04.